The summed E-state index contributed by atoms with van der Waals surface area (Å²) in [6.07, 6.45) is 1.16. The van der Waals surface area contributed by atoms with Gasteiger partial charge in [-0.2, -0.15) is 11.8 Å². The first-order valence-corrected chi connectivity index (χ1v) is 8.57. The van der Waals surface area contributed by atoms with Crippen molar-refractivity contribution in [1.29, 1.82) is 0 Å². The van der Waals surface area contributed by atoms with Crippen LogP contribution >= 0.6 is 11.8 Å². The molecule has 0 amide bonds. The zero-order chi connectivity index (χ0) is 14.5. The Hall–Kier alpha value is -1.28. The van der Waals surface area contributed by atoms with Gasteiger partial charge in [0.2, 0.25) is 0 Å². The quantitative estimate of drug-likeness (QED) is 0.271. The fourth-order valence-electron chi connectivity index (χ4n) is 1.34. The minimum atomic E-state index is -3.00. The summed E-state index contributed by atoms with van der Waals surface area (Å²) in [6, 6.07) is 4.59. The van der Waals surface area contributed by atoms with Crippen molar-refractivity contribution in [2.45, 2.75) is 5.75 Å². The lowest BCUT2D eigenvalue weighted by molar-refractivity contribution is 0.318. The van der Waals surface area contributed by atoms with E-state index in [1.54, 1.807) is 12.1 Å². The molecule has 0 atom stereocenters. The number of sulfone groups is 1. The van der Waals surface area contributed by atoms with Crippen molar-refractivity contribution >= 4 is 27.4 Å². The molecule has 0 radical (unpaired) electrons. The van der Waals surface area contributed by atoms with E-state index in [0.717, 1.165) is 6.26 Å². The van der Waals surface area contributed by atoms with Crippen LogP contribution in [0.4, 0.5) is 4.39 Å². The number of rotatable bonds is 6. The van der Waals surface area contributed by atoms with Crippen LogP contribution in [0.1, 0.15) is 11.1 Å². The molecule has 0 aliphatic carbocycles. The van der Waals surface area contributed by atoms with Crippen molar-refractivity contribution in [3.63, 3.8) is 0 Å². The van der Waals surface area contributed by atoms with Crippen LogP contribution in [0.25, 0.3) is 0 Å². The molecule has 0 bridgehead atoms. The Morgan fingerprint density at radius 1 is 1.53 bits per heavy atom. The van der Waals surface area contributed by atoms with Gasteiger partial charge in [0.05, 0.1) is 11.3 Å². The van der Waals surface area contributed by atoms with Crippen LogP contribution < -0.4 is 5.73 Å². The number of thioether (sulfide) groups is 1. The van der Waals surface area contributed by atoms with Crippen molar-refractivity contribution in [2.24, 2.45) is 10.9 Å². The average Bonchev–Trinajstić information content (AvgIpc) is 2.34. The van der Waals surface area contributed by atoms with E-state index in [1.807, 2.05) is 0 Å². The van der Waals surface area contributed by atoms with E-state index in [9.17, 15) is 12.8 Å². The molecule has 0 aromatic heterocycles. The maximum atomic E-state index is 14.0. The predicted molar refractivity (Wildman–Crippen MR) is 74.8 cm³/mol. The fraction of sp³-hybridized carbons (Fsp3) is 0.364. The maximum Gasteiger partial charge on any atom is 0.173 e. The van der Waals surface area contributed by atoms with Gasteiger partial charge in [0.25, 0.3) is 0 Å². The molecular weight excluding hydrogens is 291 g/mol. The molecule has 0 heterocycles. The number of hydrogen-bond donors (Lipinski definition) is 2. The summed E-state index contributed by atoms with van der Waals surface area (Å²) in [5.41, 5.74) is 5.77. The van der Waals surface area contributed by atoms with Crippen LogP contribution in [0.3, 0.4) is 0 Å². The van der Waals surface area contributed by atoms with Gasteiger partial charge < -0.3 is 10.9 Å². The molecule has 0 unspecified atom stereocenters. The van der Waals surface area contributed by atoms with Gasteiger partial charge in [-0.05, 0) is 11.6 Å². The molecule has 106 valence electrons. The summed E-state index contributed by atoms with van der Waals surface area (Å²) >= 11 is 1.31. The second kappa shape index (κ2) is 6.76. The van der Waals surface area contributed by atoms with E-state index >= 15 is 0 Å². The lowest BCUT2D eigenvalue weighted by Gasteiger charge is -2.07. The summed E-state index contributed by atoms with van der Waals surface area (Å²) in [4.78, 5) is 0. The summed E-state index contributed by atoms with van der Waals surface area (Å²) in [5.74, 6) is -0.0655. The van der Waals surface area contributed by atoms with E-state index in [2.05, 4.69) is 5.16 Å². The highest BCUT2D eigenvalue weighted by Gasteiger charge is 2.11. The minimum Gasteiger partial charge on any atom is -0.409 e. The standard InChI is InChI=1S/C11H15FN2O3S2/c1-19(16,17)6-5-18-7-8-3-2-4-9(10(8)12)11(13)14-15/h2-4,15H,5-7H2,1H3,(H2,13,14). The lowest BCUT2D eigenvalue weighted by atomic mass is 10.1. The van der Waals surface area contributed by atoms with Gasteiger partial charge in [-0.1, -0.05) is 17.3 Å². The van der Waals surface area contributed by atoms with Gasteiger partial charge >= 0.3 is 0 Å². The van der Waals surface area contributed by atoms with E-state index in [-0.39, 0.29) is 17.2 Å². The Labute approximate surface area is 115 Å². The minimum absolute atomic E-state index is 0.0312. The molecule has 0 spiro atoms. The maximum absolute atomic E-state index is 14.0. The molecule has 0 aliphatic heterocycles. The number of benzene rings is 1. The van der Waals surface area contributed by atoms with Gasteiger partial charge in [0.15, 0.2) is 5.84 Å². The molecule has 3 N–H and O–H groups in total. The molecule has 19 heavy (non-hydrogen) atoms. The van der Waals surface area contributed by atoms with Crippen LogP contribution in [0.15, 0.2) is 23.4 Å². The van der Waals surface area contributed by atoms with Gasteiger partial charge in [0.1, 0.15) is 15.7 Å². The fourth-order valence-corrected chi connectivity index (χ4v) is 3.60. The van der Waals surface area contributed by atoms with E-state index in [0.29, 0.717) is 17.1 Å². The van der Waals surface area contributed by atoms with Crippen molar-refractivity contribution in [1.82, 2.24) is 0 Å². The molecule has 0 fully saturated rings. The Bertz CT molecular complexity index is 573. The molecule has 0 saturated carbocycles. The zero-order valence-corrected chi connectivity index (χ0v) is 12.0. The molecule has 0 aliphatic rings. The average molecular weight is 306 g/mol. The first kappa shape index (κ1) is 15.8. The van der Waals surface area contributed by atoms with E-state index in [4.69, 9.17) is 10.9 Å². The number of amidine groups is 1. The predicted octanol–water partition coefficient (Wildman–Crippen LogP) is 1.20. The molecule has 1 aromatic rings. The first-order valence-electron chi connectivity index (χ1n) is 5.36. The lowest BCUT2D eigenvalue weighted by Crippen LogP contribution is -2.16. The molecule has 1 rings (SSSR count). The zero-order valence-electron chi connectivity index (χ0n) is 10.3. The van der Waals surface area contributed by atoms with Crippen LogP contribution in [0, 0.1) is 5.82 Å². The van der Waals surface area contributed by atoms with Crippen LogP contribution in [-0.4, -0.2) is 37.2 Å². The Balaban J connectivity index is 2.70. The van der Waals surface area contributed by atoms with Crippen LogP contribution in [0.2, 0.25) is 0 Å². The van der Waals surface area contributed by atoms with Crippen molar-refractivity contribution in [3.05, 3.63) is 35.1 Å². The summed E-state index contributed by atoms with van der Waals surface area (Å²) in [5, 5.41) is 11.3. The Morgan fingerprint density at radius 2 is 2.21 bits per heavy atom. The Morgan fingerprint density at radius 3 is 2.79 bits per heavy atom. The van der Waals surface area contributed by atoms with E-state index < -0.39 is 15.7 Å². The first-order chi connectivity index (χ1) is 8.85. The second-order valence-electron chi connectivity index (χ2n) is 3.95. The smallest absolute Gasteiger partial charge is 0.173 e. The largest absolute Gasteiger partial charge is 0.409 e. The third kappa shape index (κ3) is 5.07. The Kier molecular flexibility index (Phi) is 5.61. The van der Waals surface area contributed by atoms with Crippen molar-refractivity contribution in [2.75, 3.05) is 17.8 Å². The summed E-state index contributed by atoms with van der Waals surface area (Å²) < 4.78 is 35.9. The number of hydrogen-bond acceptors (Lipinski definition) is 5. The summed E-state index contributed by atoms with van der Waals surface area (Å²) in [6.45, 7) is 0. The highest BCUT2D eigenvalue weighted by atomic mass is 32.2. The van der Waals surface area contributed by atoms with Crippen molar-refractivity contribution in [3.8, 4) is 0 Å². The third-order valence-electron chi connectivity index (χ3n) is 2.32. The van der Waals surface area contributed by atoms with E-state index in [1.165, 1.54) is 17.8 Å². The topological polar surface area (TPSA) is 92.8 Å². The molecule has 8 heteroatoms. The van der Waals surface area contributed by atoms with Crippen LogP contribution in [-0.2, 0) is 15.6 Å². The highest BCUT2D eigenvalue weighted by Crippen LogP contribution is 2.18. The molecular formula is C11H15FN2O3S2. The second-order valence-corrected chi connectivity index (χ2v) is 7.31. The molecule has 5 nitrogen and oxygen atoms in total. The molecule has 1 aromatic carbocycles. The number of halogens is 1. The summed E-state index contributed by atoms with van der Waals surface area (Å²) in [7, 11) is -3.00. The van der Waals surface area contributed by atoms with Gasteiger partial charge in [0, 0.05) is 17.8 Å². The number of nitrogens with two attached hydrogens (primary N) is 1. The van der Waals surface area contributed by atoms with Gasteiger partial charge in [-0.25, -0.2) is 12.8 Å². The number of nitrogens with zero attached hydrogens (tertiary/aromatic N) is 1. The number of oxime groups is 1. The van der Waals surface area contributed by atoms with Gasteiger partial charge in [-0.3, -0.25) is 0 Å². The SMILES string of the molecule is CS(=O)(=O)CCSCc1cccc(/C(N)=N/O)c1F. The highest BCUT2D eigenvalue weighted by molar-refractivity contribution is 7.99. The third-order valence-corrected chi connectivity index (χ3v) is 4.53. The van der Waals surface area contributed by atoms with Crippen molar-refractivity contribution < 1.29 is 18.0 Å². The van der Waals surface area contributed by atoms with Crippen LogP contribution in [0.5, 0.6) is 0 Å². The van der Waals surface area contributed by atoms with Gasteiger partial charge in [-0.15, -0.1) is 0 Å². The normalized spacial score (nSPS) is 12.6. The monoisotopic (exact) mass is 306 g/mol. The molecule has 0 saturated heterocycles.